The van der Waals surface area contributed by atoms with E-state index in [-0.39, 0.29) is 29.4 Å². The summed E-state index contributed by atoms with van der Waals surface area (Å²) in [5.41, 5.74) is 6.86. The molecule has 0 amide bonds. The molecular weight excluding hydrogens is 376 g/mol. The first-order valence-electron chi connectivity index (χ1n) is 8.97. The standard InChI is InChI=1S/C21H24N2O6/c1-5-26-9-10-28-16-8-7-14(11-17(16)25-4)19-15(12-22)20(23)29-13(3)18(19)21(24)27-6-2/h5,7-8,11,19H,1,6,9-10,23H2,2-4H3. The molecule has 29 heavy (non-hydrogen) atoms. The van der Waals surface area contributed by atoms with Gasteiger partial charge in [-0.1, -0.05) is 12.6 Å². The molecule has 1 aromatic carbocycles. The third-order valence-electron chi connectivity index (χ3n) is 4.20. The van der Waals surface area contributed by atoms with Crippen molar-refractivity contribution in [3.63, 3.8) is 0 Å². The summed E-state index contributed by atoms with van der Waals surface area (Å²) in [5, 5.41) is 9.64. The van der Waals surface area contributed by atoms with Crippen LogP contribution in [0.5, 0.6) is 11.5 Å². The summed E-state index contributed by atoms with van der Waals surface area (Å²) in [6.07, 6.45) is 1.33. The Hall–Kier alpha value is -3.60. The molecule has 0 aromatic heterocycles. The van der Waals surface area contributed by atoms with Crippen molar-refractivity contribution in [3.8, 4) is 17.6 Å². The molecule has 2 rings (SSSR count). The fraction of sp³-hybridized carbons (Fsp3) is 0.333. The molecule has 0 spiro atoms. The highest BCUT2D eigenvalue weighted by atomic mass is 16.5. The number of allylic oxidation sites excluding steroid dienone is 2. The quantitative estimate of drug-likeness (QED) is 0.382. The van der Waals surface area contributed by atoms with E-state index in [0.29, 0.717) is 30.3 Å². The molecule has 154 valence electrons. The van der Waals surface area contributed by atoms with E-state index in [1.807, 2.05) is 6.07 Å². The Balaban J connectivity index is 2.46. The highest BCUT2D eigenvalue weighted by Crippen LogP contribution is 2.42. The predicted octanol–water partition coefficient (Wildman–Crippen LogP) is 2.88. The lowest BCUT2D eigenvalue weighted by molar-refractivity contribution is -0.139. The minimum atomic E-state index is -0.750. The molecule has 0 radical (unpaired) electrons. The summed E-state index contributed by atoms with van der Waals surface area (Å²) in [5.74, 6) is -0.167. The summed E-state index contributed by atoms with van der Waals surface area (Å²) in [4.78, 5) is 12.6. The smallest absolute Gasteiger partial charge is 0.338 e. The molecule has 0 fully saturated rings. The topological polar surface area (TPSA) is 113 Å². The van der Waals surface area contributed by atoms with Gasteiger partial charge in [0.15, 0.2) is 11.5 Å². The Bertz CT molecular complexity index is 882. The summed E-state index contributed by atoms with van der Waals surface area (Å²) in [6, 6.07) is 7.16. The van der Waals surface area contributed by atoms with Gasteiger partial charge in [0.1, 0.15) is 30.6 Å². The van der Waals surface area contributed by atoms with Crippen molar-refractivity contribution in [2.45, 2.75) is 19.8 Å². The molecule has 1 unspecified atom stereocenters. The average Bonchev–Trinajstić information content (AvgIpc) is 2.70. The fourth-order valence-electron chi connectivity index (χ4n) is 2.95. The van der Waals surface area contributed by atoms with Crippen LogP contribution in [0.15, 0.2) is 53.8 Å². The SMILES string of the molecule is C=COCCOc1ccc(C2C(C#N)=C(N)OC(C)=C2C(=O)OCC)cc1OC. The average molecular weight is 400 g/mol. The molecule has 1 aliphatic heterocycles. The van der Waals surface area contributed by atoms with Crippen molar-refractivity contribution in [1.82, 2.24) is 0 Å². The minimum absolute atomic E-state index is 0.0519. The molecule has 2 N–H and O–H groups in total. The highest BCUT2D eigenvalue weighted by Gasteiger charge is 2.36. The van der Waals surface area contributed by atoms with E-state index in [0.717, 1.165) is 0 Å². The minimum Gasteiger partial charge on any atom is -0.498 e. The normalized spacial score (nSPS) is 15.9. The van der Waals surface area contributed by atoms with Crippen LogP contribution in [0.3, 0.4) is 0 Å². The third-order valence-corrected chi connectivity index (χ3v) is 4.20. The van der Waals surface area contributed by atoms with Crippen molar-refractivity contribution in [2.75, 3.05) is 26.9 Å². The Labute approximate surface area is 169 Å². The summed E-state index contributed by atoms with van der Waals surface area (Å²) in [7, 11) is 1.50. The summed E-state index contributed by atoms with van der Waals surface area (Å²) in [6.45, 7) is 7.59. The predicted molar refractivity (Wildman–Crippen MR) is 105 cm³/mol. The molecule has 8 nitrogen and oxygen atoms in total. The van der Waals surface area contributed by atoms with Gasteiger partial charge in [-0.05, 0) is 31.5 Å². The second-order valence-corrected chi connectivity index (χ2v) is 5.91. The lowest BCUT2D eigenvalue weighted by Gasteiger charge is -2.27. The van der Waals surface area contributed by atoms with Gasteiger partial charge in [-0.3, -0.25) is 0 Å². The highest BCUT2D eigenvalue weighted by molar-refractivity contribution is 5.92. The molecule has 1 aliphatic rings. The van der Waals surface area contributed by atoms with E-state index >= 15 is 0 Å². The largest absolute Gasteiger partial charge is 0.498 e. The number of hydrogen-bond donors (Lipinski definition) is 1. The first-order chi connectivity index (χ1) is 14.0. The van der Waals surface area contributed by atoms with Crippen molar-refractivity contribution in [1.29, 1.82) is 5.26 Å². The molecule has 1 atom stereocenters. The van der Waals surface area contributed by atoms with Crippen LogP contribution in [0.1, 0.15) is 25.3 Å². The van der Waals surface area contributed by atoms with Gasteiger partial charge in [0.2, 0.25) is 5.88 Å². The van der Waals surface area contributed by atoms with Crippen LogP contribution in [0.4, 0.5) is 0 Å². The van der Waals surface area contributed by atoms with E-state index in [1.54, 1.807) is 32.0 Å². The van der Waals surface area contributed by atoms with E-state index in [1.165, 1.54) is 13.4 Å². The van der Waals surface area contributed by atoms with Gasteiger partial charge >= 0.3 is 5.97 Å². The zero-order valence-corrected chi connectivity index (χ0v) is 16.7. The van der Waals surface area contributed by atoms with Gasteiger partial charge in [-0.2, -0.15) is 5.26 Å². The lowest BCUT2D eigenvalue weighted by atomic mass is 9.83. The number of benzene rings is 1. The van der Waals surface area contributed by atoms with Gasteiger partial charge in [0.05, 0.1) is 31.5 Å². The number of ether oxygens (including phenoxy) is 5. The van der Waals surface area contributed by atoms with Crippen molar-refractivity contribution in [2.24, 2.45) is 5.73 Å². The van der Waals surface area contributed by atoms with Gasteiger partial charge < -0.3 is 29.4 Å². The van der Waals surface area contributed by atoms with E-state index < -0.39 is 11.9 Å². The Morgan fingerprint density at radius 3 is 2.76 bits per heavy atom. The molecule has 0 saturated heterocycles. The molecule has 0 bridgehead atoms. The maximum atomic E-state index is 12.6. The van der Waals surface area contributed by atoms with Crippen LogP contribution < -0.4 is 15.2 Å². The maximum Gasteiger partial charge on any atom is 0.338 e. The first-order valence-corrected chi connectivity index (χ1v) is 8.97. The van der Waals surface area contributed by atoms with Crippen LogP contribution in [-0.2, 0) is 19.0 Å². The number of nitrogens with two attached hydrogens (primary N) is 1. The molecule has 1 aromatic rings. The van der Waals surface area contributed by atoms with Crippen LogP contribution in [0.25, 0.3) is 0 Å². The second-order valence-electron chi connectivity index (χ2n) is 5.91. The van der Waals surface area contributed by atoms with Crippen molar-refractivity contribution in [3.05, 3.63) is 59.4 Å². The van der Waals surface area contributed by atoms with E-state index in [9.17, 15) is 10.1 Å². The Kier molecular flexibility index (Phi) is 7.54. The number of carbonyl (C=O) groups excluding carboxylic acids is 1. The molecule has 0 saturated carbocycles. The summed E-state index contributed by atoms with van der Waals surface area (Å²) < 4.78 is 26.7. The molecule has 1 heterocycles. The van der Waals surface area contributed by atoms with Gasteiger partial charge in [0.25, 0.3) is 0 Å². The fourth-order valence-corrected chi connectivity index (χ4v) is 2.95. The van der Waals surface area contributed by atoms with E-state index in [4.69, 9.17) is 29.4 Å². The van der Waals surface area contributed by atoms with E-state index in [2.05, 4.69) is 6.58 Å². The molecule has 8 heteroatoms. The Morgan fingerprint density at radius 2 is 2.14 bits per heavy atom. The number of esters is 1. The van der Waals surface area contributed by atoms with Gasteiger partial charge in [-0.15, -0.1) is 0 Å². The summed E-state index contributed by atoms with van der Waals surface area (Å²) >= 11 is 0. The number of hydrogen-bond acceptors (Lipinski definition) is 8. The zero-order valence-electron chi connectivity index (χ0n) is 16.7. The third kappa shape index (κ3) is 4.82. The Morgan fingerprint density at radius 1 is 1.38 bits per heavy atom. The number of rotatable bonds is 9. The number of nitrogens with zero attached hydrogens (tertiary/aromatic N) is 1. The first kappa shape index (κ1) is 21.7. The second kappa shape index (κ2) is 10.1. The van der Waals surface area contributed by atoms with Crippen LogP contribution in [0.2, 0.25) is 0 Å². The molecule has 0 aliphatic carbocycles. The van der Waals surface area contributed by atoms with Gasteiger partial charge in [0, 0.05) is 0 Å². The number of nitriles is 1. The van der Waals surface area contributed by atoms with Gasteiger partial charge in [-0.25, -0.2) is 4.79 Å². The maximum absolute atomic E-state index is 12.6. The van der Waals surface area contributed by atoms with Crippen LogP contribution >= 0.6 is 0 Å². The number of methoxy groups -OCH3 is 1. The molecular formula is C21H24N2O6. The van der Waals surface area contributed by atoms with Crippen molar-refractivity contribution < 1.29 is 28.5 Å². The monoisotopic (exact) mass is 400 g/mol. The zero-order chi connectivity index (χ0) is 21.4. The lowest BCUT2D eigenvalue weighted by Crippen LogP contribution is -2.25. The number of carbonyl (C=O) groups is 1. The van der Waals surface area contributed by atoms with Crippen molar-refractivity contribution >= 4 is 5.97 Å². The van der Waals surface area contributed by atoms with Crippen LogP contribution in [-0.4, -0.2) is 32.9 Å². The van der Waals surface area contributed by atoms with Crippen LogP contribution in [0, 0.1) is 11.3 Å².